The van der Waals surface area contributed by atoms with Crippen LogP contribution in [0.2, 0.25) is 0 Å². The number of hydrogen-bond donors (Lipinski definition) is 2. The van der Waals surface area contributed by atoms with Crippen LogP contribution in [0.4, 0.5) is 0 Å². The summed E-state index contributed by atoms with van der Waals surface area (Å²) in [6, 6.07) is 9.37. The van der Waals surface area contributed by atoms with Crippen molar-refractivity contribution in [3.8, 4) is 0 Å². The first kappa shape index (κ1) is 12.1. The second-order valence-corrected chi connectivity index (χ2v) is 4.91. The Morgan fingerprint density at radius 2 is 1.76 bits per heavy atom. The Morgan fingerprint density at radius 3 is 2.29 bits per heavy atom. The van der Waals surface area contributed by atoms with Crippen LogP contribution < -0.4 is 5.73 Å². The molecule has 3 N–H and O–H groups in total. The van der Waals surface area contributed by atoms with Gasteiger partial charge in [0.1, 0.15) is 0 Å². The lowest BCUT2D eigenvalue weighted by Crippen LogP contribution is -2.44. The summed E-state index contributed by atoms with van der Waals surface area (Å²) in [4.78, 5) is 11.7. The van der Waals surface area contributed by atoms with Gasteiger partial charge in [-0.05, 0) is 18.4 Å². The summed E-state index contributed by atoms with van der Waals surface area (Å²) in [6.07, 6.45) is 4.38. The van der Waals surface area contributed by atoms with Crippen LogP contribution in [0.3, 0.4) is 0 Å². The first-order chi connectivity index (χ1) is 8.13. The van der Waals surface area contributed by atoms with Gasteiger partial charge in [-0.2, -0.15) is 0 Å². The van der Waals surface area contributed by atoms with Crippen molar-refractivity contribution < 1.29 is 9.90 Å². The van der Waals surface area contributed by atoms with Crippen molar-refractivity contribution >= 4 is 5.91 Å². The second kappa shape index (κ2) is 4.88. The number of nitrogens with two attached hydrogens (primary N) is 1. The van der Waals surface area contributed by atoms with E-state index in [0.717, 1.165) is 24.8 Å². The van der Waals surface area contributed by atoms with Crippen molar-refractivity contribution in [2.75, 3.05) is 0 Å². The number of hydrogen-bond acceptors (Lipinski definition) is 2. The maximum Gasteiger partial charge on any atom is 0.227 e. The molecule has 1 fully saturated rings. The van der Waals surface area contributed by atoms with Gasteiger partial charge in [-0.25, -0.2) is 0 Å². The number of carbonyl (C=O) groups excluding carboxylic acids is 1. The highest BCUT2D eigenvalue weighted by Crippen LogP contribution is 2.39. The lowest BCUT2D eigenvalue weighted by atomic mass is 9.72. The van der Waals surface area contributed by atoms with Crippen LogP contribution in [0.5, 0.6) is 0 Å². The van der Waals surface area contributed by atoms with E-state index in [9.17, 15) is 9.90 Å². The van der Waals surface area contributed by atoms with Crippen molar-refractivity contribution in [2.45, 2.75) is 43.6 Å². The molecule has 0 aliphatic heterocycles. The van der Waals surface area contributed by atoms with E-state index in [4.69, 9.17) is 5.73 Å². The third-order valence-corrected chi connectivity index (χ3v) is 3.67. The quantitative estimate of drug-likeness (QED) is 0.838. The Labute approximate surface area is 102 Å². The van der Waals surface area contributed by atoms with E-state index in [1.807, 2.05) is 30.3 Å². The van der Waals surface area contributed by atoms with E-state index in [2.05, 4.69) is 0 Å². The smallest absolute Gasteiger partial charge is 0.227 e. The van der Waals surface area contributed by atoms with Crippen molar-refractivity contribution in [3.63, 3.8) is 0 Å². The van der Waals surface area contributed by atoms with E-state index in [-0.39, 0.29) is 0 Å². The van der Waals surface area contributed by atoms with Gasteiger partial charge in [0.2, 0.25) is 5.91 Å². The molecule has 0 radical (unpaired) electrons. The first-order valence-corrected chi connectivity index (χ1v) is 6.20. The third-order valence-electron chi connectivity index (χ3n) is 3.67. The minimum absolute atomic E-state index is 0.430. The molecule has 3 nitrogen and oxygen atoms in total. The zero-order chi connectivity index (χ0) is 12.3. The fourth-order valence-electron chi connectivity index (χ4n) is 2.84. The van der Waals surface area contributed by atoms with E-state index in [1.54, 1.807) is 0 Å². The summed E-state index contributed by atoms with van der Waals surface area (Å²) in [5, 5.41) is 10.7. The average Bonchev–Trinajstić information content (AvgIpc) is 2.30. The SMILES string of the molecule is NC(=O)[C@H](c1ccccc1)C1(O)CCCCC1. The van der Waals surface area contributed by atoms with Gasteiger partial charge in [-0.15, -0.1) is 0 Å². The molecule has 1 aliphatic carbocycles. The topological polar surface area (TPSA) is 63.3 Å². The molecule has 2 rings (SSSR count). The molecular formula is C14H19NO2. The minimum Gasteiger partial charge on any atom is -0.389 e. The zero-order valence-electron chi connectivity index (χ0n) is 9.93. The maximum absolute atomic E-state index is 11.7. The second-order valence-electron chi connectivity index (χ2n) is 4.91. The predicted molar refractivity (Wildman–Crippen MR) is 66.4 cm³/mol. The molecule has 1 aliphatic rings. The summed E-state index contributed by atoms with van der Waals surface area (Å²) < 4.78 is 0. The summed E-state index contributed by atoms with van der Waals surface area (Å²) in [7, 11) is 0. The number of primary amides is 1. The van der Waals surface area contributed by atoms with E-state index in [1.165, 1.54) is 0 Å². The van der Waals surface area contributed by atoms with Gasteiger partial charge in [0.05, 0.1) is 11.5 Å². The molecule has 0 unspecified atom stereocenters. The van der Waals surface area contributed by atoms with Crippen LogP contribution in [0.25, 0.3) is 0 Å². The van der Waals surface area contributed by atoms with Crippen LogP contribution in [0.15, 0.2) is 30.3 Å². The van der Waals surface area contributed by atoms with Crippen LogP contribution in [-0.2, 0) is 4.79 Å². The Bertz CT molecular complexity index is 382. The number of benzene rings is 1. The molecule has 0 spiro atoms. The molecule has 1 amide bonds. The molecule has 1 aromatic rings. The lowest BCUT2D eigenvalue weighted by molar-refractivity contribution is -0.127. The van der Waals surface area contributed by atoms with Gasteiger partial charge in [0.25, 0.3) is 0 Å². The molecule has 1 atom stereocenters. The van der Waals surface area contributed by atoms with Crippen LogP contribution in [0.1, 0.15) is 43.6 Å². The molecule has 0 saturated heterocycles. The van der Waals surface area contributed by atoms with Gasteiger partial charge in [-0.3, -0.25) is 4.79 Å². The Hall–Kier alpha value is -1.35. The van der Waals surface area contributed by atoms with Gasteiger partial charge in [-0.1, -0.05) is 49.6 Å². The Balaban J connectivity index is 2.32. The van der Waals surface area contributed by atoms with E-state index >= 15 is 0 Å². The van der Waals surface area contributed by atoms with Crippen molar-refractivity contribution in [1.82, 2.24) is 0 Å². The van der Waals surface area contributed by atoms with Crippen molar-refractivity contribution in [2.24, 2.45) is 5.73 Å². The molecule has 17 heavy (non-hydrogen) atoms. The van der Waals surface area contributed by atoms with E-state index in [0.29, 0.717) is 12.8 Å². The lowest BCUT2D eigenvalue weighted by Gasteiger charge is -2.37. The highest BCUT2D eigenvalue weighted by atomic mass is 16.3. The molecular weight excluding hydrogens is 214 g/mol. The first-order valence-electron chi connectivity index (χ1n) is 6.20. The minimum atomic E-state index is -0.953. The molecule has 92 valence electrons. The largest absolute Gasteiger partial charge is 0.389 e. The molecule has 0 heterocycles. The standard InChI is InChI=1S/C14H19NO2/c15-13(16)12(11-7-3-1-4-8-11)14(17)9-5-2-6-10-14/h1,3-4,7-8,12,17H,2,5-6,9-10H2,(H2,15,16)/t12-/m0/s1. The van der Waals surface area contributed by atoms with Crippen LogP contribution in [0, 0.1) is 0 Å². The maximum atomic E-state index is 11.7. The molecule has 0 bridgehead atoms. The van der Waals surface area contributed by atoms with Crippen LogP contribution >= 0.6 is 0 Å². The normalized spacial score (nSPS) is 20.8. The predicted octanol–water partition coefficient (Wildman–Crippen LogP) is 1.95. The summed E-state index contributed by atoms with van der Waals surface area (Å²) in [6.45, 7) is 0. The number of rotatable bonds is 3. The molecule has 0 aromatic heterocycles. The van der Waals surface area contributed by atoms with Crippen LogP contribution in [-0.4, -0.2) is 16.6 Å². The van der Waals surface area contributed by atoms with Gasteiger partial charge >= 0.3 is 0 Å². The number of carbonyl (C=O) groups is 1. The fourth-order valence-corrected chi connectivity index (χ4v) is 2.84. The third kappa shape index (κ3) is 2.50. The molecule has 3 heteroatoms. The fraction of sp³-hybridized carbons (Fsp3) is 0.500. The Kier molecular flexibility index (Phi) is 3.48. The van der Waals surface area contributed by atoms with Crippen molar-refractivity contribution in [3.05, 3.63) is 35.9 Å². The molecule has 1 saturated carbocycles. The average molecular weight is 233 g/mol. The van der Waals surface area contributed by atoms with Crippen molar-refractivity contribution in [1.29, 1.82) is 0 Å². The Morgan fingerprint density at radius 1 is 1.18 bits per heavy atom. The number of aliphatic hydroxyl groups is 1. The highest BCUT2D eigenvalue weighted by molar-refractivity contribution is 5.83. The monoisotopic (exact) mass is 233 g/mol. The summed E-state index contributed by atoms with van der Waals surface area (Å²) in [5.74, 6) is -1.01. The molecule has 1 aromatic carbocycles. The summed E-state index contributed by atoms with van der Waals surface area (Å²) in [5.41, 5.74) is 5.36. The van der Waals surface area contributed by atoms with Gasteiger partial charge < -0.3 is 10.8 Å². The highest BCUT2D eigenvalue weighted by Gasteiger charge is 2.41. The van der Waals surface area contributed by atoms with E-state index < -0.39 is 17.4 Å². The van der Waals surface area contributed by atoms with Gasteiger partial charge in [0, 0.05) is 0 Å². The zero-order valence-corrected chi connectivity index (χ0v) is 9.93. The van der Waals surface area contributed by atoms with Gasteiger partial charge in [0.15, 0.2) is 0 Å². The number of amides is 1. The summed E-state index contributed by atoms with van der Waals surface area (Å²) >= 11 is 0.